The Balaban J connectivity index is 1.53. The van der Waals surface area contributed by atoms with Gasteiger partial charge < -0.3 is 14.5 Å². The minimum Gasteiger partial charge on any atom is -0.460 e. The van der Waals surface area contributed by atoms with E-state index in [0.29, 0.717) is 31.3 Å². The number of ether oxygens (including phenoxy) is 1. The lowest BCUT2D eigenvalue weighted by Gasteiger charge is -2.23. The SMILES string of the molecule is CCN(CCOC(=O)c1ccccc1)c1ccc(N=NC2=NN(C)CN2C)cc1. The van der Waals surface area contributed by atoms with Crippen LogP contribution in [0.5, 0.6) is 0 Å². The van der Waals surface area contributed by atoms with E-state index in [-0.39, 0.29) is 5.97 Å². The lowest BCUT2D eigenvalue weighted by molar-refractivity contribution is 0.0515. The van der Waals surface area contributed by atoms with Gasteiger partial charge in [0.1, 0.15) is 13.3 Å². The quantitative estimate of drug-likeness (QED) is 0.530. The van der Waals surface area contributed by atoms with E-state index in [2.05, 4.69) is 27.2 Å². The number of rotatable bonds is 7. The van der Waals surface area contributed by atoms with Crippen molar-refractivity contribution in [1.29, 1.82) is 0 Å². The number of anilines is 1. The normalized spacial score (nSPS) is 13.7. The molecular formula is C21H26N6O2. The van der Waals surface area contributed by atoms with E-state index in [1.807, 2.05) is 61.5 Å². The molecule has 29 heavy (non-hydrogen) atoms. The van der Waals surface area contributed by atoms with Crippen LogP contribution in [0.15, 0.2) is 69.9 Å². The molecule has 8 nitrogen and oxygen atoms in total. The number of nitrogens with zero attached hydrogens (tertiary/aromatic N) is 6. The number of carbonyl (C=O) groups excluding carboxylic acids is 1. The third-order valence-electron chi connectivity index (χ3n) is 4.47. The summed E-state index contributed by atoms with van der Waals surface area (Å²) in [6, 6.07) is 16.8. The second-order valence-electron chi connectivity index (χ2n) is 6.70. The van der Waals surface area contributed by atoms with Gasteiger partial charge >= 0.3 is 5.97 Å². The Hall–Kier alpha value is -3.42. The highest BCUT2D eigenvalue weighted by Crippen LogP contribution is 2.20. The van der Waals surface area contributed by atoms with Crippen LogP contribution in [0.4, 0.5) is 11.4 Å². The summed E-state index contributed by atoms with van der Waals surface area (Å²) in [7, 11) is 3.82. The Kier molecular flexibility index (Phi) is 6.78. The molecule has 1 aliphatic rings. The Morgan fingerprint density at radius 1 is 1.10 bits per heavy atom. The van der Waals surface area contributed by atoms with Gasteiger partial charge in [-0.25, -0.2) is 4.79 Å². The molecule has 0 fully saturated rings. The van der Waals surface area contributed by atoms with E-state index < -0.39 is 0 Å². The molecule has 2 aromatic rings. The van der Waals surface area contributed by atoms with Crippen molar-refractivity contribution >= 4 is 23.3 Å². The highest BCUT2D eigenvalue weighted by atomic mass is 16.5. The van der Waals surface area contributed by atoms with Crippen LogP contribution < -0.4 is 4.90 Å². The molecule has 0 atom stereocenters. The van der Waals surface area contributed by atoms with Gasteiger partial charge in [-0.2, -0.15) is 0 Å². The number of hydrogen-bond donors (Lipinski definition) is 0. The first kappa shape index (κ1) is 20.3. The Morgan fingerprint density at radius 2 is 1.83 bits per heavy atom. The zero-order chi connectivity index (χ0) is 20.6. The van der Waals surface area contributed by atoms with Gasteiger partial charge in [-0.15, -0.1) is 15.3 Å². The van der Waals surface area contributed by atoms with Crippen LogP contribution in [-0.2, 0) is 4.74 Å². The van der Waals surface area contributed by atoms with Crippen LogP contribution in [0.3, 0.4) is 0 Å². The van der Waals surface area contributed by atoms with E-state index >= 15 is 0 Å². The summed E-state index contributed by atoms with van der Waals surface area (Å²) in [6.45, 7) is 4.51. The minimum absolute atomic E-state index is 0.303. The maximum absolute atomic E-state index is 12.0. The predicted molar refractivity (Wildman–Crippen MR) is 113 cm³/mol. The molecule has 0 saturated heterocycles. The highest BCUT2D eigenvalue weighted by Gasteiger charge is 2.15. The van der Waals surface area contributed by atoms with Crippen molar-refractivity contribution in [2.45, 2.75) is 6.92 Å². The maximum atomic E-state index is 12.0. The Labute approximate surface area is 171 Å². The molecule has 0 amide bonds. The molecule has 1 aliphatic heterocycles. The second-order valence-corrected chi connectivity index (χ2v) is 6.70. The molecule has 0 aromatic heterocycles. The molecule has 8 heteroatoms. The lowest BCUT2D eigenvalue weighted by atomic mass is 10.2. The van der Waals surface area contributed by atoms with Gasteiger partial charge in [-0.1, -0.05) is 18.2 Å². The lowest BCUT2D eigenvalue weighted by Crippen LogP contribution is -2.27. The first-order valence-corrected chi connectivity index (χ1v) is 9.56. The van der Waals surface area contributed by atoms with Gasteiger partial charge in [-0.05, 0) is 43.3 Å². The van der Waals surface area contributed by atoms with Crippen molar-refractivity contribution in [1.82, 2.24) is 9.91 Å². The smallest absolute Gasteiger partial charge is 0.338 e. The van der Waals surface area contributed by atoms with Gasteiger partial charge in [0.15, 0.2) is 0 Å². The number of hydrogen-bond acceptors (Lipinski definition) is 8. The van der Waals surface area contributed by atoms with E-state index in [9.17, 15) is 4.79 Å². The van der Waals surface area contributed by atoms with Gasteiger partial charge in [0.25, 0.3) is 5.96 Å². The van der Waals surface area contributed by atoms with E-state index in [1.165, 1.54) is 0 Å². The maximum Gasteiger partial charge on any atom is 0.338 e. The van der Waals surface area contributed by atoms with Crippen molar-refractivity contribution in [3.05, 3.63) is 60.2 Å². The van der Waals surface area contributed by atoms with Crippen molar-refractivity contribution < 1.29 is 9.53 Å². The molecule has 1 heterocycles. The third kappa shape index (κ3) is 5.54. The number of guanidine groups is 1. The summed E-state index contributed by atoms with van der Waals surface area (Å²) < 4.78 is 5.38. The molecule has 2 aromatic carbocycles. The fraction of sp³-hybridized carbons (Fsp3) is 0.333. The average molecular weight is 394 g/mol. The zero-order valence-corrected chi connectivity index (χ0v) is 17.0. The number of carbonyl (C=O) groups is 1. The third-order valence-corrected chi connectivity index (χ3v) is 4.47. The van der Waals surface area contributed by atoms with Crippen molar-refractivity contribution in [3.63, 3.8) is 0 Å². The predicted octanol–water partition coefficient (Wildman–Crippen LogP) is 3.56. The zero-order valence-electron chi connectivity index (χ0n) is 17.0. The topological polar surface area (TPSA) is 73.1 Å². The molecule has 3 rings (SSSR count). The Morgan fingerprint density at radius 3 is 2.45 bits per heavy atom. The van der Waals surface area contributed by atoms with Crippen LogP contribution in [-0.4, -0.2) is 62.3 Å². The molecule has 0 unspecified atom stereocenters. The fourth-order valence-corrected chi connectivity index (χ4v) is 2.94. The van der Waals surface area contributed by atoms with Crippen LogP contribution >= 0.6 is 0 Å². The standard InChI is InChI=1S/C21H26N6O2/c1-4-27(14-15-29-20(28)17-8-6-5-7-9-17)19-12-10-18(11-13-19)22-23-21-24-26(3)16-25(21)2/h5-13H,4,14-16H2,1-3H3. The Bertz CT molecular complexity index is 866. The molecule has 0 bridgehead atoms. The first-order chi connectivity index (χ1) is 14.1. The summed E-state index contributed by atoms with van der Waals surface area (Å²) in [4.78, 5) is 16.1. The summed E-state index contributed by atoms with van der Waals surface area (Å²) in [5.74, 6) is 0.287. The molecule has 0 radical (unpaired) electrons. The largest absolute Gasteiger partial charge is 0.460 e. The molecular weight excluding hydrogens is 368 g/mol. The number of azo groups is 1. The number of benzene rings is 2. The summed E-state index contributed by atoms with van der Waals surface area (Å²) >= 11 is 0. The van der Waals surface area contributed by atoms with E-state index in [1.54, 1.807) is 17.1 Å². The number of hydrazone groups is 1. The molecule has 0 aliphatic carbocycles. The molecule has 0 spiro atoms. The van der Waals surface area contributed by atoms with Gasteiger partial charge in [-0.3, -0.25) is 5.01 Å². The molecule has 0 N–H and O–H groups in total. The van der Waals surface area contributed by atoms with Gasteiger partial charge in [0.2, 0.25) is 0 Å². The molecule has 0 saturated carbocycles. The first-order valence-electron chi connectivity index (χ1n) is 9.56. The number of likely N-dealkylation sites (N-methyl/N-ethyl adjacent to an activating group) is 1. The van der Waals surface area contributed by atoms with Crippen molar-refractivity contribution in [2.75, 3.05) is 45.4 Å². The van der Waals surface area contributed by atoms with Crippen LogP contribution in [0.2, 0.25) is 0 Å². The number of esters is 1. The van der Waals surface area contributed by atoms with Crippen molar-refractivity contribution in [2.24, 2.45) is 15.3 Å². The second kappa shape index (κ2) is 9.68. The summed E-state index contributed by atoms with van der Waals surface area (Å²) in [5.41, 5.74) is 2.36. The van der Waals surface area contributed by atoms with Gasteiger partial charge in [0.05, 0.1) is 17.8 Å². The van der Waals surface area contributed by atoms with E-state index in [0.717, 1.165) is 17.9 Å². The van der Waals surface area contributed by atoms with Gasteiger partial charge in [0, 0.05) is 26.3 Å². The van der Waals surface area contributed by atoms with E-state index in [4.69, 9.17) is 4.74 Å². The molecule has 152 valence electrons. The van der Waals surface area contributed by atoms with Crippen molar-refractivity contribution in [3.8, 4) is 0 Å². The monoisotopic (exact) mass is 394 g/mol. The summed E-state index contributed by atoms with van der Waals surface area (Å²) in [6.07, 6.45) is 0. The van der Waals surface area contributed by atoms with Crippen LogP contribution in [0.1, 0.15) is 17.3 Å². The fourth-order valence-electron chi connectivity index (χ4n) is 2.94. The van der Waals surface area contributed by atoms with Crippen LogP contribution in [0.25, 0.3) is 0 Å². The van der Waals surface area contributed by atoms with Crippen LogP contribution in [0, 0.1) is 0 Å². The highest BCUT2D eigenvalue weighted by molar-refractivity contribution is 5.89. The summed E-state index contributed by atoms with van der Waals surface area (Å²) in [5, 5.41) is 14.5. The average Bonchev–Trinajstić information content (AvgIpc) is 3.07. The minimum atomic E-state index is -0.303.